The minimum Gasteiger partial charge on any atom is -0.490 e. The molecule has 0 unspecified atom stereocenters. The average Bonchev–Trinajstić information content (AvgIpc) is 3.04. The maximum absolute atomic E-state index is 12.9. The Morgan fingerprint density at radius 2 is 1.43 bits per heavy atom. The van der Waals surface area contributed by atoms with Crippen molar-refractivity contribution in [1.29, 1.82) is 0 Å². The lowest BCUT2D eigenvalue weighted by Crippen LogP contribution is -2.19. The van der Waals surface area contributed by atoms with Gasteiger partial charge in [-0.1, -0.05) is 0 Å². The predicted molar refractivity (Wildman–Crippen MR) is 95.6 cm³/mol. The first-order chi connectivity index (χ1) is 11.2. The number of hydrogen-bond donors (Lipinski definition) is 2. The number of anilines is 2. The lowest BCUT2D eigenvalue weighted by atomic mass is 10.2. The molecule has 1 aliphatic carbocycles. The molecule has 1 aliphatic rings. The molecule has 0 heterocycles. The van der Waals surface area contributed by atoms with E-state index in [2.05, 4.69) is 10.6 Å². The first-order valence-corrected chi connectivity index (χ1v) is 8.20. The Hall–Kier alpha value is -2.14. The van der Waals surface area contributed by atoms with E-state index in [0.29, 0.717) is 11.2 Å². The standard InChI is InChI=1S/C18H19FN2OS/c19-13-5-7-14(8-6-13)20-18(23)21-15-9-11-17(12-10-15)22-16-3-1-2-4-16/h5-12,16H,1-4H2,(H2,20,21,23). The third-order valence-corrected chi connectivity index (χ3v) is 4.02. The summed E-state index contributed by atoms with van der Waals surface area (Å²) in [5, 5.41) is 6.57. The normalized spacial score (nSPS) is 14.5. The fourth-order valence-electron chi connectivity index (χ4n) is 2.64. The number of rotatable bonds is 4. The van der Waals surface area contributed by atoms with Crippen molar-refractivity contribution in [2.24, 2.45) is 0 Å². The fourth-order valence-corrected chi connectivity index (χ4v) is 2.88. The summed E-state index contributed by atoms with van der Waals surface area (Å²) in [6.45, 7) is 0. The van der Waals surface area contributed by atoms with Gasteiger partial charge in [0.05, 0.1) is 6.10 Å². The Morgan fingerprint density at radius 3 is 2.00 bits per heavy atom. The average molecular weight is 330 g/mol. The zero-order chi connectivity index (χ0) is 16.1. The second-order valence-electron chi connectivity index (χ2n) is 5.63. The second kappa shape index (κ2) is 7.42. The van der Waals surface area contributed by atoms with Gasteiger partial charge in [-0.3, -0.25) is 0 Å². The van der Waals surface area contributed by atoms with Gasteiger partial charge in [-0.05, 0) is 86.4 Å². The Kier molecular flexibility index (Phi) is 5.08. The van der Waals surface area contributed by atoms with Crippen LogP contribution in [-0.2, 0) is 0 Å². The molecular weight excluding hydrogens is 311 g/mol. The third kappa shape index (κ3) is 4.66. The van der Waals surface area contributed by atoms with Crippen molar-refractivity contribution >= 4 is 28.7 Å². The van der Waals surface area contributed by atoms with Crippen LogP contribution >= 0.6 is 12.2 Å². The Bertz CT molecular complexity index is 652. The lowest BCUT2D eigenvalue weighted by molar-refractivity contribution is 0.210. The van der Waals surface area contributed by atoms with Crippen LogP contribution < -0.4 is 15.4 Å². The van der Waals surface area contributed by atoms with Gasteiger partial charge in [0.1, 0.15) is 11.6 Å². The second-order valence-corrected chi connectivity index (χ2v) is 6.04. The largest absolute Gasteiger partial charge is 0.490 e. The topological polar surface area (TPSA) is 33.3 Å². The van der Waals surface area contributed by atoms with Crippen LogP contribution in [0.1, 0.15) is 25.7 Å². The van der Waals surface area contributed by atoms with Crippen LogP contribution in [0.3, 0.4) is 0 Å². The van der Waals surface area contributed by atoms with Crippen molar-refractivity contribution in [3.8, 4) is 5.75 Å². The van der Waals surface area contributed by atoms with E-state index in [4.69, 9.17) is 17.0 Å². The van der Waals surface area contributed by atoms with Crippen LogP contribution in [0.15, 0.2) is 48.5 Å². The summed E-state index contributed by atoms with van der Waals surface area (Å²) in [6, 6.07) is 13.8. The highest BCUT2D eigenvalue weighted by atomic mass is 32.1. The van der Waals surface area contributed by atoms with Gasteiger partial charge >= 0.3 is 0 Å². The van der Waals surface area contributed by atoms with Crippen molar-refractivity contribution < 1.29 is 9.13 Å². The van der Waals surface area contributed by atoms with E-state index in [1.165, 1.54) is 25.0 Å². The van der Waals surface area contributed by atoms with Crippen LogP contribution in [-0.4, -0.2) is 11.2 Å². The number of thiocarbonyl (C=S) groups is 1. The molecule has 1 fully saturated rings. The number of benzene rings is 2. The molecule has 3 rings (SSSR count). The lowest BCUT2D eigenvalue weighted by Gasteiger charge is -2.14. The number of nitrogens with one attached hydrogen (secondary N) is 2. The molecule has 0 aliphatic heterocycles. The van der Waals surface area contributed by atoms with E-state index in [0.717, 1.165) is 30.0 Å². The minimum atomic E-state index is -0.271. The summed E-state index contributed by atoms with van der Waals surface area (Å²) >= 11 is 5.25. The van der Waals surface area contributed by atoms with Gasteiger partial charge in [0.25, 0.3) is 0 Å². The molecule has 0 radical (unpaired) electrons. The van der Waals surface area contributed by atoms with Crippen LogP contribution in [0.4, 0.5) is 15.8 Å². The van der Waals surface area contributed by atoms with Crippen LogP contribution in [0, 0.1) is 5.82 Å². The van der Waals surface area contributed by atoms with Gasteiger partial charge in [0, 0.05) is 11.4 Å². The predicted octanol–water partition coefficient (Wildman–Crippen LogP) is 4.96. The molecule has 1 saturated carbocycles. The van der Waals surface area contributed by atoms with Crippen molar-refractivity contribution in [3.05, 3.63) is 54.3 Å². The summed E-state index contributed by atoms with van der Waals surface area (Å²) in [5.41, 5.74) is 1.62. The maximum Gasteiger partial charge on any atom is 0.175 e. The molecule has 5 heteroatoms. The molecule has 3 nitrogen and oxygen atoms in total. The first kappa shape index (κ1) is 15.7. The fraction of sp³-hybridized carbons (Fsp3) is 0.278. The quantitative estimate of drug-likeness (QED) is 0.777. The molecule has 0 spiro atoms. The molecule has 2 aromatic carbocycles. The van der Waals surface area contributed by atoms with Gasteiger partial charge in [0.15, 0.2) is 5.11 Å². The Labute approximate surface area is 140 Å². The summed E-state index contributed by atoms with van der Waals surface area (Å²) in [7, 11) is 0. The van der Waals surface area contributed by atoms with Gasteiger partial charge in [-0.2, -0.15) is 0 Å². The van der Waals surface area contributed by atoms with E-state index in [-0.39, 0.29) is 5.82 Å². The molecule has 0 atom stereocenters. The molecule has 120 valence electrons. The zero-order valence-electron chi connectivity index (χ0n) is 12.7. The minimum absolute atomic E-state index is 0.271. The van der Waals surface area contributed by atoms with Crippen molar-refractivity contribution in [2.45, 2.75) is 31.8 Å². The third-order valence-electron chi connectivity index (χ3n) is 3.82. The molecule has 0 bridgehead atoms. The summed E-state index contributed by atoms with van der Waals surface area (Å²) < 4.78 is 18.8. The molecule has 2 aromatic rings. The summed E-state index contributed by atoms with van der Waals surface area (Å²) in [4.78, 5) is 0. The van der Waals surface area contributed by atoms with E-state index < -0.39 is 0 Å². The van der Waals surface area contributed by atoms with Gasteiger partial charge < -0.3 is 15.4 Å². The monoisotopic (exact) mass is 330 g/mol. The van der Waals surface area contributed by atoms with Gasteiger partial charge in [-0.25, -0.2) is 4.39 Å². The van der Waals surface area contributed by atoms with Crippen molar-refractivity contribution in [2.75, 3.05) is 10.6 Å². The Balaban J connectivity index is 1.52. The van der Waals surface area contributed by atoms with Crippen LogP contribution in [0.25, 0.3) is 0 Å². The van der Waals surface area contributed by atoms with Crippen molar-refractivity contribution in [3.63, 3.8) is 0 Å². The number of hydrogen-bond acceptors (Lipinski definition) is 2. The smallest absolute Gasteiger partial charge is 0.175 e. The number of halogens is 1. The first-order valence-electron chi connectivity index (χ1n) is 7.79. The summed E-state index contributed by atoms with van der Waals surface area (Å²) in [5.74, 6) is 0.618. The van der Waals surface area contributed by atoms with E-state index in [1.807, 2.05) is 24.3 Å². The summed E-state index contributed by atoms with van der Waals surface area (Å²) in [6.07, 6.45) is 5.16. The van der Waals surface area contributed by atoms with Gasteiger partial charge in [-0.15, -0.1) is 0 Å². The Morgan fingerprint density at radius 1 is 0.913 bits per heavy atom. The highest BCUT2D eigenvalue weighted by Crippen LogP contribution is 2.25. The van der Waals surface area contributed by atoms with E-state index in [9.17, 15) is 4.39 Å². The molecule has 2 N–H and O–H groups in total. The van der Waals surface area contributed by atoms with Crippen molar-refractivity contribution in [1.82, 2.24) is 0 Å². The maximum atomic E-state index is 12.9. The van der Waals surface area contributed by atoms with E-state index >= 15 is 0 Å². The SMILES string of the molecule is Fc1ccc(NC(=S)Nc2ccc(OC3CCCC3)cc2)cc1. The number of ether oxygens (including phenoxy) is 1. The molecule has 0 saturated heterocycles. The van der Waals surface area contributed by atoms with E-state index in [1.54, 1.807) is 12.1 Å². The van der Waals surface area contributed by atoms with Crippen LogP contribution in [0.5, 0.6) is 5.75 Å². The zero-order valence-corrected chi connectivity index (χ0v) is 13.5. The van der Waals surface area contributed by atoms with Gasteiger partial charge in [0.2, 0.25) is 0 Å². The molecule has 0 amide bonds. The molecule has 23 heavy (non-hydrogen) atoms. The highest BCUT2D eigenvalue weighted by Gasteiger charge is 2.16. The molecular formula is C18H19FN2OS. The molecule has 0 aromatic heterocycles. The van der Waals surface area contributed by atoms with Crippen LogP contribution in [0.2, 0.25) is 0 Å². The highest BCUT2D eigenvalue weighted by molar-refractivity contribution is 7.80.